The molecule has 0 aromatic heterocycles. The van der Waals surface area contributed by atoms with Crippen molar-refractivity contribution in [3.8, 4) is 5.75 Å². The first kappa shape index (κ1) is 12.1. The van der Waals surface area contributed by atoms with Crippen LogP contribution in [0.3, 0.4) is 0 Å². The summed E-state index contributed by atoms with van der Waals surface area (Å²) in [6.45, 7) is 2.81. The Bertz CT molecular complexity index is 364. The molecule has 0 amide bonds. The van der Waals surface area contributed by atoms with E-state index in [1.54, 1.807) is 0 Å². The summed E-state index contributed by atoms with van der Waals surface area (Å²) in [5, 5.41) is 3.27. The molecule has 0 spiro atoms. The molecule has 0 aliphatic carbocycles. The zero-order chi connectivity index (χ0) is 12.1. The highest BCUT2D eigenvalue weighted by molar-refractivity contribution is 5.84. The molecule has 1 aliphatic rings. The molecule has 1 aromatic rings. The fourth-order valence-corrected chi connectivity index (χ4v) is 2.20. The van der Waals surface area contributed by atoms with Crippen molar-refractivity contribution in [1.29, 1.82) is 0 Å². The van der Waals surface area contributed by atoms with E-state index in [9.17, 15) is 4.79 Å². The first-order valence-corrected chi connectivity index (χ1v) is 6.29. The first-order valence-electron chi connectivity index (χ1n) is 6.29. The summed E-state index contributed by atoms with van der Waals surface area (Å²) in [7, 11) is 0. The van der Waals surface area contributed by atoms with Crippen LogP contribution in [0.25, 0.3) is 0 Å². The van der Waals surface area contributed by atoms with Gasteiger partial charge in [0.25, 0.3) is 0 Å². The fraction of sp³-hybridized carbons (Fsp3) is 0.500. The minimum atomic E-state index is -0.144. The summed E-state index contributed by atoms with van der Waals surface area (Å²) in [5.74, 6) is 1.08. The summed E-state index contributed by atoms with van der Waals surface area (Å²) in [6, 6.07) is 9.57. The third-order valence-electron chi connectivity index (χ3n) is 3.13. The Balaban J connectivity index is 2.04. The number of ketones is 1. The average Bonchev–Trinajstić information content (AvgIpc) is 2.40. The number of nitrogens with one attached hydrogen (secondary N) is 1. The van der Waals surface area contributed by atoms with Gasteiger partial charge < -0.3 is 10.1 Å². The van der Waals surface area contributed by atoms with Gasteiger partial charge in [-0.15, -0.1) is 0 Å². The van der Waals surface area contributed by atoms with Crippen LogP contribution < -0.4 is 10.1 Å². The van der Waals surface area contributed by atoms with Gasteiger partial charge in [0, 0.05) is 6.42 Å². The predicted octanol–water partition coefficient (Wildman–Crippen LogP) is 2.17. The lowest BCUT2D eigenvalue weighted by atomic mass is 9.96. The molecule has 1 aliphatic heterocycles. The van der Waals surface area contributed by atoms with E-state index in [2.05, 4.69) is 5.32 Å². The van der Waals surface area contributed by atoms with E-state index in [1.807, 2.05) is 37.3 Å². The van der Waals surface area contributed by atoms with Crippen molar-refractivity contribution >= 4 is 5.78 Å². The van der Waals surface area contributed by atoms with Gasteiger partial charge in [0.2, 0.25) is 0 Å². The number of ether oxygens (including phenoxy) is 1. The Morgan fingerprint density at radius 2 is 2.18 bits per heavy atom. The number of para-hydroxylation sites is 1. The molecule has 1 fully saturated rings. The highest BCUT2D eigenvalue weighted by atomic mass is 16.5. The fourth-order valence-electron chi connectivity index (χ4n) is 2.20. The summed E-state index contributed by atoms with van der Waals surface area (Å²) in [6.07, 6.45) is 2.54. The molecule has 92 valence electrons. The van der Waals surface area contributed by atoms with Gasteiger partial charge in [-0.1, -0.05) is 25.1 Å². The Morgan fingerprint density at radius 3 is 2.88 bits per heavy atom. The van der Waals surface area contributed by atoms with Crippen molar-refractivity contribution in [2.24, 2.45) is 0 Å². The van der Waals surface area contributed by atoms with E-state index >= 15 is 0 Å². The standard InChI is InChI=1S/C14H19NO2/c1-2-12(16)14-13(9-6-10-15-14)17-11-7-4-3-5-8-11/h3-5,7-8,13-15H,2,6,9-10H2,1H3. The van der Waals surface area contributed by atoms with Crippen molar-refractivity contribution in [2.45, 2.75) is 38.3 Å². The minimum Gasteiger partial charge on any atom is -0.488 e. The number of hydrogen-bond donors (Lipinski definition) is 1. The predicted molar refractivity (Wildman–Crippen MR) is 67.2 cm³/mol. The Kier molecular flexibility index (Phi) is 4.15. The molecule has 0 radical (unpaired) electrons. The lowest BCUT2D eigenvalue weighted by Crippen LogP contribution is -2.52. The molecule has 1 aromatic carbocycles. The van der Waals surface area contributed by atoms with Crippen molar-refractivity contribution in [2.75, 3.05) is 6.54 Å². The third kappa shape index (κ3) is 3.07. The van der Waals surface area contributed by atoms with Crippen LogP contribution in [0.5, 0.6) is 5.75 Å². The topological polar surface area (TPSA) is 38.3 Å². The quantitative estimate of drug-likeness (QED) is 0.866. The highest BCUT2D eigenvalue weighted by Gasteiger charge is 2.30. The number of rotatable bonds is 4. The van der Waals surface area contributed by atoms with Gasteiger partial charge in [0.1, 0.15) is 17.9 Å². The summed E-state index contributed by atoms with van der Waals surface area (Å²) in [5.41, 5.74) is 0. The van der Waals surface area contributed by atoms with Crippen LogP contribution in [0.15, 0.2) is 30.3 Å². The van der Waals surface area contributed by atoms with Gasteiger partial charge >= 0.3 is 0 Å². The molecule has 3 nitrogen and oxygen atoms in total. The number of carbonyl (C=O) groups is 1. The number of piperidine rings is 1. The normalized spacial score (nSPS) is 24.3. The molecule has 0 bridgehead atoms. The summed E-state index contributed by atoms with van der Waals surface area (Å²) < 4.78 is 5.91. The minimum absolute atomic E-state index is 0.0291. The van der Waals surface area contributed by atoms with Crippen LogP contribution in [0, 0.1) is 0 Å². The van der Waals surface area contributed by atoms with Crippen molar-refractivity contribution < 1.29 is 9.53 Å². The summed E-state index contributed by atoms with van der Waals surface area (Å²) in [4.78, 5) is 11.8. The Labute approximate surface area is 102 Å². The molecule has 1 saturated heterocycles. The maximum atomic E-state index is 11.8. The molecule has 1 heterocycles. The second kappa shape index (κ2) is 5.82. The lowest BCUT2D eigenvalue weighted by Gasteiger charge is -2.31. The van der Waals surface area contributed by atoms with Crippen LogP contribution in [0.1, 0.15) is 26.2 Å². The number of benzene rings is 1. The molecule has 17 heavy (non-hydrogen) atoms. The van der Waals surface area contributed by atoms with Crippen LogP contribution >= 0.6 is 0 Å². The molecule has 0 saturated carbocycles. The zero-order valence-corrected chi connectivity index (χ0v) is 10.2. The smallest absolute Gasteiger partial charge is 0.153 e. The average molecular weight is 233 g/mol. The number of hydrogen-bond acceptors (Lipinski definition) is 3. The van der Waals surface area contributed by atoms with Crippen molar-refractivity contribution in [1.82, 2.24) is 5.32 Å². The van der Waals surface area contributed by atoms with E-state index in [0.717, 1.165) is 25.1 Å². The first-order chi connectivity index (χ1) is 8.31. The van der Waals surface area contributed by atoms with Gasteiger partial charge in [-0.3, -0.25) is 4.79 Å². The highest BCUT2D eigenvalue weighted by Crippen LogP contribution is 2.19. The largest absolute Gasteiger partial charge is 0.488 e. The monoisotopic (exact) mass is 233 g/mol. The lowest BCUT2D eigenvalue weighted by molar-refractivity contribution is -0.123. The Morgan fingerprint density at radius 1 is 1.41 bits per heavy atom. The van der Waals surface area contributed by atoms with Crippen LogP contribution in [0.2, 0.25) is 0 Å². The van der Waals surface area contributed by atoms with Gasteiger partial charge in [0.15, 0.2) is 5.78 Å². The SMILES string of the molecule is CCC(=O)C1NCCCC1Oc1ccccc1. The zero-order valence-electron chi connectivity index (χ0n) is 10.2. The number of carbonyl (C=O) groups excluding carboxylic acids is 1. The van der Waals surface area contributed by atoms with Crippen molar-refractivity contribution in [3.05, 3.63) is 30.3 Å². The van der Waals surface area contributed by atoms with Crippen LogP contribution in [-0.4, -0.2) is 24.5 Å². The number of Topliss-reactive ketones (excluding diaryl/α,β-unsaturated/α-hetero) is 1. The molecule has 3 heteroatoms. The van der Waals surface area contributed by atoms with Gasteiger partial charge in [-0.25, -0.2) is 0 Å². The maximum Gasteiger partial charge on any atom is 0.153 e. The summed E-state index contributed by atoms with van der Waals surface area (Å²) >= 11 is 0. The van der Waals surface area contributed by atoms with E-state index in [-0.39, 0.29) is 17.9 Å². The maximum absolute atomic E-state index is 11.8. The van der Waals surface area contributed by atoms with E-state index in [0.29, 0.717) is 6.42 Å². The molecular weight excluding hydrogens is 214 g/mol. The molecule has 2 atom stereocenters. The van der Waals surface area contributed by atoms with Gasteiger partial charge in [-0.2, -0.15) is 0 Å². The van der Waals surface area contributed by atoms with E-state index < -0.39 is 0 Å². The molecule has 2 rings (SSSR count). The molecule has 2 unspecified atom stereocenters. The van der Waals surface area contributed by atoms with E-state index in [4.69, 9.17) is 4.74 Å². The van der Waals surface area contributed by atoms with Crippen molar-refractivity contribution in [3.63, 3.8) is 0 Å². The Hall–Kier alpha value is -1.35. The molecular formula is C14H19NO2. The molecule has 1 N–H and O–H groups in total. The second-order valence-electron chi connectivity index (χ2n) is 4.36. The van der Waals surface area contributed by atoms with E-state index in [1.165, 1.54) is 0 Å². The van der Waals surface area contributed by atoms with Crippen LogP contribution in [0.4, 0.5) is 0 Å². The van der Waals surface area contributed by atoms with Crippen LogP contribution in [-0.2, 0) is 4.79 Å². The second-order valence-corrected chi connectivity index (χ2v) is 4.36. The third-order valence-corrected chi connectivity index (χ3v) is 3.13. The van der Waals surface area contributed by atoms with Gasteiger partial charge in [-0.05, 0) is 31.5 Å². The van der Waals surface area contributed by atoms with Gasteiger partial charge in [0.05, 0.1) is 0 Å².